The number of hydrogen-bond acceptors (Lipinski definition) is 2. The topological polar surface area (TPSA) is 29.5 Å². The molecule has 106 valence electrons. The van der Waals surface area contributed by atoms with E-state index in [4.69, 9.17) is 4.74 Å². The first-order valence-corrected chi connectivity index (χ1v) is 6.32. The van der Waals surface area contributed by atoms with Crippen molar-refractivity contribution in [2.24, 2.45) is 0 Å². The minimum atomic E-state index is -4.31. The molecule has 1 aliphatic rings. The van der Waals surface area contributed by atoms with Crippen LogP contribution < -0.4 is 0 Å². The van der Waals surface area contributed by atoms with Crippen LogP contribution in [-0.4, -0.2) is 23.4 Å². The molecular weight excluding hydrogens is 257 g/mol. The second-order valence-corrected chi connectivity index (χ2v) is 5.08. The molecule has 0 radical (unpaired) electrons. The Bertz CT molecular complexity index is 419. The highest BCUT2D eigenvalue weighted by atomic mass is 19.4. The van der Waals surface area contributed by atoms with E-state index in [9.17, 15) is 18.3 Å². The van der Waals surface area contributed by atoms with Crippen molar-refractivity contribution >= 4 is 0 Å². The van der Waals surface area contributed by atoms with Crippen LogP contribution in [0, 0.1) is 0 Å². The van der Waals surface area contributed by atoms with E-state index in [-0.39, 0.29) is 6.10 Å². The van der Waals surface area contributed by atoms with Gasteiger partial charge in [0.2, 0.25) is 0 Å². The van der Waals surface area contributed by atoms with Gasteiger partial charge in [0.1, 0.15) is 0 Å². The number of halogens is 3. The molecule has 2 rings (SSSR count). The van der Waals surface area contributed by atoms with Crippen LogP contribution >= 0.6 is 0 Å². The summed E-state index contributed by atoms with van der Waals surface area (Å²) in [7, 11) is 0. The van der Waals surface area contributed by atoms with Gasteiger partial charge in [-0.15, -0.1) is 0 Å². The van der Waals surface area contributed by atoms with Crippen LogP contribution in [0.25, 0.3) is 0 Å². The predicted molar refractivity (Wildman–Crippen MR) is 64.7 cm³/mol. The van der Waals surface area contributed by atoms with Gasteiger partial charge < -0.3 is 9.84 Å². The van der Waals surface area contributed by atoms with Crippen LogP contribution in [0.4, 0.5) is 13.2 Å². The smallest absolute Gasteiger partial charge is 0.389 e. The van der Waals surface area contributed by atoms with Gasteiger partial charge in [0.05, 0.1) is 17.3 Å². The molecule has 0 spiro atoms. The molecule has 0 unspecified atom stereocenters. The summed E-state index contributed by atoms with van der Waals surface area (Å²) >= 11 is 0. The number of rotatable bonds is 4. The second-order valence-electron chi connectivity index (χ2n) is 5.08. The summed E-state index contributed by atoms with van der Waals surface area (Å²) in [5, 5.41) is 10.2. The van der Waals surface area contributed by atoms with Gasteiger partial charge in [-0.25, -0.2) is 0 Å². The van der Waals surface area contributed by atoms with Crippen molar-refractivity contribution in [1.29, 1.82) is 0 Å². The Hall–Kier alpha value is -1.07. The first-order valence-electron chi connectivity index (χ1n) is 6.32. The zero-order valence-electron chi connectivity index (χ0n) is 10.7. The zero-order chi connectivity index (χ0) is 14.1. The molecule has 1 N–H and O–H groups in total. The normalized spacial score (nSPS) is 27.1. The maximum Gasteiger partial charge on any atom is 0.416 e. The number of hydrogen-bond donors (Lipinski definition) is 1. The number of ether oxygens (including phenoxy) is 1. The summed E-state index contributed by atoms with van der Waals surface area (Å²) in [5.74, 6) is 0. The van der Waals surface area contributed by atoms with Crippen LogP contribution in [0.5, 0.6) is 0 Å². The standard InChI is InChI=1S/C14H17F3O2/c1-2-19-12-8-13(18,9-12)7-10-3-5-11(6-4-10)14(15,16)17/h3-6,12,18H,2,7-9H2,1H3. The highest BCUT2D eigenvalue weighted by molar-refractivity contribution is 5.26. The lowest BCUT2D eigenvalue weighted by Gasteiger charge is -2.43. The van der Waals surface area contributed by atoms with E-state index >= 15 is 0 Å². The van der Waals surface area contributed by atoms with Crippen molar-refractivity contribution in [3.05, 3.63) is 35.4 Å². The second kappa shape index (κ2) is 5.13. The van der Waals surface area contributed by atoms with E-state index in [0.29, 0.717) is 31.4 Å². The third kappa shape index (κ3) is 3.48. The molecular formula is C14H17F3O2. The minimum Gasteiger partial charge on any atom is -0.389 e. The Balaban J connectivity index is 1.94. The van der Waals surface area contributed by atoms with Gasteiger partial charge in [0, 0.05) is 25.9 Å². The van der Waals surface area contributed by atoms with Crippen molar-refractivity contribution in [2.45, 2.75) is 44.1 Å². The van der Waals surface area contributed by atoms with Gasteiger partial charge in [0.15, 0.2) is 0 Å². The molecule has 19 heavy (non-hydrogen) atoms. The summed E-state index contributed by atoms with van der Waals surface area (Å²) in [6.07, 6.45) is -2.78. The lowest BCUT2D eigenvalue weighted by molar-refractivity contribution is -0.137. The molecule has 0 atom stereocenters. The Morgan fingerprint density at radius 3 is 2.32 bits per heavy atom. The van der Waals surface area contributed by atoms with E-state index in [0.717, 1.165) is 12.1 Å². The molecule has 1 aliphatic carbocycles. The van der Waals surface area contributed by atoms with E-state index in [1.807, 2.05) is 6.92 Å². The SMILES string of the molecule is CCOC1CC(O)(Cc2ccc(C(F)(F)F)cc2)C1. The lowest BCUT2D eigenvalue weighted by atomic mass is 9.73. The molecule has 5 heteroatoms. The molecule has 1 fully saturated rings. The quantitative estimate of drug-likeness (QED) is 0.913. The molecule has 1 aromatic carbocycles. The third-order valence-corrected chi connectivity index (χ3v) is 3.43. The first-order chi connectivity index (χ1) is 8.82. The van der Waals surface area contributed by atoms with Crippen LogP contribution in [-0.2, 0) is 17.3 Å². The van der Waals surface area contributed by atoms with Crippen molar-refractivity contribution in [2.75, 3.05) is 6.61 Å². The van der Waals surface area contributed by atoms with Gasteiger partial charge in [-0.3, -0.25) is 0 Å². The molecule has 1 aromatic rings. The predicted octanol–water partition coefficient (Wildman–Crippen LogP) is 3.18. The van der Waals surface area contributed by atoms with E-state index in [1.54, 1.807) is 0 Å². The third-order valence-electron chi connectivity index (χ3n) is 3.43. The van der Waals surface area contributed by atoms with Crippen molar-refractivity contribution in [1.82, 2.24) is 0 Å². The van der Waals surface area contributed by atoms with Crippen molar-refractivity contribution < 1.29 is 23.0 Å². The van der Waals surface area contributed by atoms with E-state index in [1.165, 1.54) is 12.1 Å². The van der Waals surface area contributed by atoms with Crippen LogP contribution in [0.2, 0.25) is 0 Å². The highest BCUT2D eigenvalue weighted by Crippen LogP contribution is 2.37. The summed E-state index contributed by atoms with van der Waals surface area (Å²) < 4.78 is 42.6. The van der Waals surface area contributed by atoms with Crippen LogP contribution in [0.3, 0.4) is 0 Å². The summed E-state index contributed by atoms with van der Waals surface area (Å²) in [6.45, 7) is 2.51. The largest absolute Gasteiger partial charge is 0.416 e. The van der Waals surface area contributed by atoms with Crippen molar-refractivity contribution in [3.63, 3.8) is 0 Å². The van der Waals surface area contributed by atoms with Gasteiger partial charge in [-0.1, -0.05) is 12.1 Å². The summed E-state index contributed by atoms with van der Waals surface area (Å²) in [6, 6.07) is 4.96. The molecule has 1 saturated carbocycles. The van der Waals surface area contributed by atoms with E-state index < -0.39 is 17.3 Å². The zero-order valence-corrected chi connectivity index (χ0v) is 10.7. The van der Waals surface area contributed by atoms with Crippen LogP contribution in [0.1, 0.15) is 30.9 Å². The van der Waals surface area contributed by atoms with Gasteiger partial charge >= 0.3 is 6.18 Å². The maximum absolute atomic E-state index is 12.4. The molecule has 0 saturated heterocycles. The fourth-order valence-corrected chi connectivity index (χ4v) is 2.48. The molecule has 0 aromatic heterocycles. The Kier molecular flexibility index (Phi) is 3.87. The lowest BCUT2D eigenvalue weighted by Crippen LogP contribution is -2.49. The number of aliphatic hydroxyl groups is 1. The highest BCUT2D eigenvalue weighted by Gasteiger charge is 2.43. The maximum atomic E-state index is 12.4. The van der Waals surface area contributed by atoms with Crippen LogP contribution in [0.15, 0.2) is 24.3 Å². The van der Waals surface area contributed by atoms with Gasteiger partial charge in [-0.05, 0) is 24.6 Å². The average Bonchev–Trinajstić information content (AvgIpc) is 2.27. The van der Waals surface area contributed by atoms with Gasteiger partial charge in [0.25, 0.3) is 0 Å². The fourth-order valence-electron chi connectivity index (χ4n) is 2.48. The molecule has 2 nitrogen and oxygen atoms in total. The van der Waals surface area contributed by atoms with E-state index in [2.05, 4.69) is 0 Å². The number of alkyl halides is 3. The summed E-state index contributed by atoms with van der Waals surface area (Å²) in [5.41, 5.74) is -0.783. The molecule has 0 aliphatic heterocycles. The monoisotopic (exact) mass is 274 g/mol. The molecule has 0 amide bonds. The Morgan fingerprint density at radius 2 is 1.84 bits per heavy atom. The molecule has 0 bridgehead atoms. The first kappa shape index (κ1) is 14.3. The van der Waals surface area contributed by atoms with Crippen molar-refractivity contribution in [3.8, 4) is 0 Å². The number of benzene rings is 1. The Labute approximate surface area is 110 Å². The summed E-state index contributed by atoms with van der Waals surface area (Å²) in [4.78, 5) is 0. The fraction of sp³-hybridized carbons (Fsp3) is 0.571. The minimum absolute atomic E-state index is 0.0736. The molecule has 0 heterocycles. The Morgan fingerprint density at radius 1 is 1.26 bits per heavy atom. The van der Waals surface area contributed by atoms with Gasteiger partial charge in [-0.2, -0.15) is 13.2 Å². The average molecular weight is 274 g/mol.